The molecule has 0 radical (unpaired) electrons. The van der Waals surface area contributed by atoms with Gasteiger partial charge in [0, 0.05) is 30.1 Å². The van der Waals surface area contributed by atoms with Gasteiger partial charge in [-0.15, -0.1) is 0 Å². The Morgan fingerprint density at radius 1 is 1.07 bits per heavy atom. The number of rotatable bonds is 6. The summed E-state index contributed by atoms with van der Waals surface area (Å²) in [5.74, 6) is -8.30. The summed E-state index contributed by atoms with van der Waals surface area (Å²) in [6, 6.07) is 12.8. The van der Waals surface area contributed by atoms with Crippen LogP contribution in [0.15, 0.2) is 71.2 Å². The molecule has 1 saturated carbocycles. The minimum atomic E-state index is -1.38. The lowest BCUT2D eigenvalue weighted by molar-refractivity contribution is -0.371. The third-order valence-electron chi connectivity index (χ3n) is 8.85. The predicted octanol–water partition coefficient (Wildman–Crippen LogP) is 3.12. The molecule has 0 unspecified atom stereocenters. The van der Waals surface area contributed by atoms with Gasteiger partial charge in [-0.3, -0.25) is 14.4 Å². The average Bonchev–Trinajstić information content (AvgIpc) is 2.97. The average molecular weight is 621 g/mol. The van der Waals surface area contributed by atoms with Crippen LogP contribution in [-0.2, 0) is 29.4 Å². The van der Waals surface area contributed by atoms with Gasteiger partial charge in [-0.05, 0) is 32.4 Å². The molecule has 0 spiro atoms. The fourth-order valence-corrected chi connectivity index (χ4v) is 7.59. The second-order valence-electron chi connectivity index (χ2n) is 11.9. The highest BCUT2D eigenvalue weighted by atomic mass is 32.1. The van der Waals surface area contributed by atoms with Gasteiger partial charge in [-0.25, -0.2) is 0 Å². The van der Waals surface area contributed by atoms with Crippen molar-refractivity contribution in [3.05, 3.63) is 87.9 Å². The van der Waals surface area contributed by atoms with Crippen molar-refractivity contribution in [1.82, 2.24) is 5.32 Å². The number of aliphatic hydroxyl groups is 2. The third kappa shape index (κ3) is 4.35. The van der Waals surface area contributed by atoms with E-state index >= 15 is 0 Å². The molecule has 1 saturated heterocycles. The van der Waals surface area contributed by atoms with Gasteiger partial charge in [0.05, 0.1) is 23.6 Å². The van der Waals surface area contributed by atoms with E-state index in [0.717, 1.165) is 0 Å². The second kappa shape index (κ2) is 10.5. The van der Waals surface area contributed by atoms with Crippen LogP contribution in [0.5, 0.6) is 5.75 Å². The van der Waals surface area contributed by atoms with Crippen LogP contribution in [0.25, 0.3) is 0 Å². The van der Waals surface area contributed by atoms with Gasteiger partial charge in [0.15, 0.2) is 24.1 Å². The summed E-state index contributed by atoms with van der Waals surface area (Å²) in [6.45, 7) is 5.05. The Morgan fingerprint density at radius 3 is 2.43 bits per heavy atom. The molecule has 6 atom stereocenters. The Kier molecular flexibility index (Phi) is 7.16. The van der Waals surface area contributed by atoms with E-state index in [2.05, 4.69) is 5.32 Å². The molecule has 4 aliphatic rings. The number of Topliss-reactive ketones (excluding diaryl/α,β-unsaturated/α-hetero) is 2. The number of carbonyl (C=O) groups excluding carboxylic acids is 3. The number of fused-ring (bicyclic) bond motifs is 4. The van der Waals surface area contributed by atoms with Crippen molar-refractivity contribution in [3.8, 4) is 5.75 Å². The maximum atomic E-state index is 14.5. The van der Waals surface area contributed by atoms with E-state index in [1.54, 1.807) is 63.2 Å². The first-order chi connectivity index (χ1) is 20.8. The Hall–Kier alpha value is -4.10. The molecule has 0 bridgehead atoms. The molecule has 2 aromatic carbocycles. The zero-order chi connectivity index (χ0) is 31.7. The fourth-order valence-electron chi connectivity index (χ4n) is 7.32. The highest BCUT2D eigenvalue weighted by molar-refractivity contribution is 7.80. The van der Waals surface area contributed by atoms with Crippen LogP contribution in [0.2, 0.25) is 0 Å². The van der Waals surface area contributed by atoms with Crippen molar-refractivity contribution >= 4 is 34.7 Å². The normalized spacial score (nSPS) is 30.2. The lowest BCUT2D eigenvalue weighted by Gasteiger charge is -2.60. The second-order valence-corrected chi connectivity index (χ2v) is 12.3. The quantitative estimate of drug-likeness (QED) is 0.213. The number of benzene rings is 2. The number of thiocarbonyl (C=S) groups is 1. The van der Waals surface area contributed by atoms with Crippen LogP contribution in [0.1, 0.15) is 42.3 Å². The van der Waals surface area contributed by atoms with Crippen molar-refractivity contribution in [2.24, 2.45) is 23.5 Å². The highest BCUT2D eigenvalue weighted by Crippen LogP contribution is 2.60. The van der Waals surface area contributed by atoms with Crippen molar-refractivity contribution in [1.29, 1.82) is 0 Å². The van der Waals surface area contributed by atoms with Crippen molar-refractivity contribution < 1.29 is 43.5 Å². The summed E-state index contributed by atoms with van der Waals surface area (Å²) in [5, 5.41) is 26.0. The molecular weight excluding hydrogens is 588 g/mol. The van der Waals surface area contributed by atoms with Crippen LogP contribution in [0.3, 0.4) is 0 Å². The molecule has 1 aliphatic heterocycles. The first kappa shape index (κ1) is 29.9. The number of nitrogens with one attached hydrogen (secondary N) is 1. The SMILES string of the molecule is COCOc1cccc2c1C(=O)[C@@H]1C(=O)C3=C(O)C(C(N)=O)=C(O)[C@@H](NC(=S)c4ccccc4)[C@@H]3[C@H]3OC(C)(C)O[C@@]2(C)[C@H]13. The van der Waals surface area contributed by atoms with E-state index in [9.17, 15) is 24.6 Å². The highest BCUT2D eigenvalue weighted by Gasteiger charge is 2.68. The molecule has 12 heteroatoms. The monoisotopic (exact) mass is 620 g/mol. The lowest BCUT2D eigenvalue weighted by Crippen LogP contribution is -2.69. The Labute approximate surface area is 258 Å². The number of amides is 1. The van der Waals surface area contributed by atoms with Gasteiger partial charge in [0.1, 0.15) is 33.4 Å². The summed E-state index contributed by atoms with van der Waals surface area (Å²) in [4.78, 5) is 41.6. The number of nitrogens with two attached hydrogens (primary N) is 1. The fraction of sp³-hybridized carbons (Fsp3) is 0.375. The molecule has 5 N–H and O–H groups in total. The number of carbonyl (C=O) groups is 3. The van der Waals surface area contributed by atoms with Gasteiger partial charge in [-0.2, -0.15) is 0 Å². The number of hydrogen-bond donors (Lipinski definition) is 4. The maximum Gasteiger partial charge on any atom is 0.255 e. The van der Waals surface area contributed by atoms with Crippen LogP contribution in [0, 0.1) is 17.8 Å². The molecule has 1 amide bonds. The van der Waals surface area contributed by atoms with Crippen LogP contribution in [0.4, 0.5) is 0 Å². The van der Waals surface area contributed by atoms with E-state index in [4.69, 9.17) is 36.9 Å². The van der Waals surface area contributed by atoms with E-state index in [-0.39, 0.29) is 28.7 Å². The standard InChI is InChI=1S/C32H32N2O9S/c1-31(2)42-28-18-19(26(37)21(29(33)39)27(38)23(18)34-30(44)14-9-6-5-7-10-14)25(36)20-22(28)32(3,43-31)15-11-8-12-16(41-13-40-4)17(15)24(20)35/h5-12,18,20,22-23,28,37-38H,13H2,1-4H3,(H2,33,39)(H,34,44)/t18-,20-,22-,23+,28-,32-/m1/s1. The molecule has 2 aromatic rings. The van der Waals surface area contributed by atoms with E-state index < -0.39 is 75.9 Å². The molecule has 2 fully saturated rings. The van der Waals surface area contributed by atoms with Crippen molar-refractivity contribution in [2.75, 3.05) is 13.9 Å². The molecular formula is C32H32N2O9S. The Balaban J connectivity index is 1.58. The Morgan fingerprint density at radius 2 is 1.77 bits per heavy atom. The largest absolute Gasteiger partial charge is 0.509 e. The zero-order valence-corrected chi connectivity index (χ0v) is 25.3. The van der Waals surface area contributed by atoms with Gasteiger partial charge in [-0.1, -0.05) is 54.7 Å². The van der Waals surface area contributed by atoms with Crippen LogP contribution in [-0.4, -0.2) is 64.5 Å². The topological polar surface area (TPSA) is 167 Å². The Bertz CT molecular complexity index is 1670. The number of ether oxygens (including phenoxy) is 4. The number of primary amides is 1. The molecule has 44 heavy (non-hydrogen) atoms. The number of ketones is 2. The van der Waals surface area contributed by atoms with Gasteiger partial charge >= 0.3 is 0 Å². The third-order valence-corrected chi connectivity index (χ3v) is 9.21. The first-order valence-corrected chi connectivity index (χ1v) is 14.5. The van der Waals surface area contributed by atoms with Crippen molar-refractivity contribution in [3.63, 3.8) is 0 Å². The van der Waals surface area contributed by atoms with E-state index in [1.165, 1.54) is 7.11 Å². The van der Waals surface area contributed by atoms with E-state index in [0.29, 0.717) is 11.1 Å². The zero-order valence-electron chi connectivity index (χ0n) is 24.5. The molecule has 230 valence electrons. The summed E-state index contributed by atoms with van der Waals surface area (Å²) < 4.78 is 23.9. The predicted molar refractivity (Wildman–Crippen MR) is 160 cm³/mol. The van der Waals surface area contributed by atoms with Gasteiger partial charge in [0.25, 0.3) is 5.91 Å². The van der Waals surface area contributed by atoms with Crippen molar-refractivity contribution in [2.45, 2.75) is 44.3 Å². The maximum absolute atomic E-state index is 14.5. The number of methoxy groups -OCH3 is 1. The summed E-state index contributed by atoms with van der Waals surface area (Å²) in [5.41, 5.74) is 4.70. The smallest absolute Gasteiger partial charge is 0.255 e. The number of aliphatic hydroxyl groups excluding tert-OH is 2. The molecule has 6 rings (SSSR count). The summed E-state index contributed by atoms with van der Waals surface area (Å²) in [7, 11) is 1.44. The molecule has 11 nitrogen and oxygen atoms in total. The van der Waals surface area contributed by atoms with Crippen LogP contribution >= 0.6 is 12.2 Å². The minimum Gasteiger partial charge on any atom is -0.509 e. The summed E-state index contributed by atoms with van der Waals surface area (Å²) in [6.07, 6.45) is -0.989. The summed E-state index contributed by atoms with van der Waals surface area (Å²) >= 11 is 5.66. The van der Waals surface area contributed by atoms with Crippen LogP contribution < -0.4 is 15.8 Å². The molecule has 0 aromatic heterocycles. The molecule has 1 heterocycles. The van der Waals surface area contributed by atoms with Gasteiger partial charge in [0.2, 0.25) is 0 Å². The molecule has 3 aliphatic carbocycles. The minimum absolute atomic E-state index is 0.144. The first-order valence-electron chi connectivity index (χ1n) is 14.1. The van der Waals surface area contributed by atoms with Gasteiger partial charge < -0.3 is 40.2 Å². The number of hydrogen-bond acceptors (Lipinski definition) is 10. The lowest BCUT2D eigenvalue weighted by atomic mass is 9.53. The van der Waals surface area contributed by atoms with E-state index in [1.807, 2.05) is 6.07 Å².